The van der Waals surface area contributed by atoms with Crippen LogP contribution >= 0.6 is 0 Å². The maximum Gasteiger partial charge on any atom is 0.147 e. The topological polar surface area (TPSA) is 53.9 Å². The molecule has 0 saturated carbocycles. The van der Waals surface area contributed by atoms with E-state index in [1.165, 1.54) is 6.26 Å². The number of aromatic nitrogens is 2. The summed E-state index contributed by atoms with van der Waals surface area (Å²) in [5, 5.41) is 7.70. The van der Waals surface area contributed by atoms with Gasteiger partial charge >= 0.3 is 0 Å². The van der Waals surface area contributed by atoms with Gasteiger partial charge in [-0.2, -0.15) is 0 Å². The Kier molecular flexibility index (Phi) is 3.18. The van der Waals surface area contributed by atoms with Crippen molar-refractivity contribution in [2.24, 2.45) is 0 Å². The van der Waals surface area contributed by atoms with Crippen molar-refractivity contribution < 1.29 is 11.8 Å². The second-order valence-corrected chi connectivity index (χ2v) is 5.14. The molecule has 0 spiro atoms. The van der Waals surface area contributed by atoms with E-state index < -0.39 is 0 Å². The number of fused-ring (bicyclic) bond motifs is 1. The predicted molar refractivity (Wildman–Crippen MR) is 80.4 cm³/mol. The summed E-state index contributed by atoms with van der Waals surface area (Å²) >= 11 is 0. The fourth-order valence-electron chi connectivity index (χ4n) is 2.14. The van der Waals surface area contributed by atoms with Gasteiger partial charge in [0.1, 0.15) is 17.8 Å². The van der Waals surface area contributed by atoms with Crippen molar-refractivity contribution in [1.82, 2.24) is 10.1 Å². The Hall–Kier alpha value is -2.30. The van der Waals surface area contributed by atoms with E-state index in [0.717, 1.165) is 22.3 Å². The number of rotatable bonds is 4. The average Bonchev–Trinajstić information content (AvgIpc) is 3.04. The summed E-state index contributed by atoms with van der Waals surface area (Å²) in [4.78, 5) is 3.32. The molecule has 0 atom stereocenters. The highest BCUT2D eigenvalue weighted by Crippen LogP contribution is 2.26. The predicted octanol–water partition coefficient (Wildman–Crippen LogP) is 4.52. The molecule has 2 heterocycles. The van der Waals surface area contributed by atoms with Gasteiger partial charge in [-0.3, -0.25) is 0 Å². The highest BCUT2D eigenvalue weighted by molar-refractivity contribution is 5.84. The molecule has 4 nitrogen and oxygen atoms in total. The first-order valence-electron chi connectivity index (χ1n) is 6.59. The number of nitrogens with one attached hydrogen (secondary N) is 2. The van der Waals surface area contributed by atoms with Crippen LogP contribution in [0.15, 0.2) is 35.1 Å². The molecular weight excluding hydrogens is 257 g/mol. The number of hydrogen-bond donors (Lipinski definition) is 2. The highest BCUT2D eigenvalue weighted by atomic mass is 19.1. The number of anilines is 1. The molecule has 0 radical (unpaired) electrons. The first kappa shape index (κ1) is 12.7. The van der Waals surface area contributed by atoms with E-state index in [0.29, 0.717) is 18.2 Å². The lowest BCUT2D eigenvalue weighted by atomic mass is 10.1. The summed E-state index contributed by atoms with van der Waals surface area (Å²) in [6.45, 7) is 4.63. The third-order valence-electron chi connectivity index (χ3n) is 3.30. The van der Waals surface area contributed by atoms with Crippen LogP contribution in [0.4, 0.5) is 10.1 Å². The van der Waals surface area contributed by atoms with Gasteiger partial charge in [-0.15, -0.1) is 0 Å². The molecule has 0 aliphatic rings. The van der Waals surface area contributed by atoms with E-state index in [-0.39, 0.29) is 8.67 Å². The maximum absolute atomic E-state index is 14.0. The van der Waals surface area contributed by atoms with Gasteiger partial charge < -0.3 is 14.8 Å². The third-order valence-corrected chi connectivity index (χ3v) is 3.30. The van der Waals surface area contributed by atoms with Crippen LogP contribution < -0.4 is 5.32 Å². The zero-order valence-corrected chi connectivity index (χ0v) is 11.4. The van der Waals surface area contributed by atoms with Gasteiger partial charge in [0.2, 0.25) is 0 Å². The van der Waals surface area contributed by atoms with Crippen molar-refractivity contribution in [3.63, 3.8) is 0 Å². The fourth-order valence-corrected chi connectivity index (χ4v) is 2.14. The van der Waals surface area contributed by atoms with Crippen molar-refractivity contribution >= 4 is 16.6 Å². The molecule has 3 aromatic rings. The quantitative estimate of drug-likeness (QED) is 0.737. The molecule has 0 aliphatic heterocycles. The minimum atomic E-state index is -0.268. The van der Waals surface area contributed by atoms with Crippen molar-refractivity contribution in [3.8, 4) is 0 Å². The van der Waals surface area contributed by atoms with Crippen LogP contribution in [0.25, 0.3) is 10.9 Å². The summed E-state index contributed by atoms with van der Waals surface area (Å²) in [6, 6.07) is 7.07. The zero-order chi connectivity index (χ0) is 14.1. The monoisotopic (exact) mass is 277 g/mol. The Morgan fingerprint density at radius 2 is 2.25 bits per heavy atom. The molecule has 0 unspecified atom stereocenters. The number of H-pyrrole nitrogens is 1. The minimum Gasteiger partial charge on any atom is -0.377 e. The summed E-state index contributed by atoms with van der Waals surface area (Å²) in [7, 11) is 0. The first-order valence-corrected chi connectivity index (χ1v) is 6.59. The molecule has 1 aromatic carbocycles. The molecule has 5 heteroatoms. The second kappa shape index (κ2) is 5.00. The molecule has 2 aromatic heterocycles. The average molecular weight is 277 g/mol. The fraction of sp³-hybridized carbons (Fsp3) is 0.267. The Morgan fingerprint density at radius 1 is 1.40 bits per heavy atom. The molecule has 3 rings (SSSR count). The molecule has 0 aliphatic carbocycles. The van der Waals surface area contributed by atoms with Crippen LogP contribution in [0.1, 0.15) is 34.0 Å². The van der Waals surface area contributed by atoms with Crippen LogP contribution in [0.2, 0.25) is 0 Å². The number of aromatic amines is 1. The van der Waals surface area contributed by atoms with E-state index >= 15 is 0 Å². The standard InChI is InChI=1S/C15H16FN3O.2H2/c1-9(2)13-6-10-5-12(16)15(7-14(10)18-13)17-8-11-3-4-20-19-11;;/h3-7,9,17-18H,8H2,1-2H3;2*1H. The van der Waals surface area contributed by atoms with Crippen LogP contribution in [0, 0.1) is 5.82 Å². The molecule has 0 fully saturated rings. The van der Waals surface area contributed by atoms with Crippen molar-refractivity contribution in [2.75, 3.05) is 5.32 Å². The van der Waals surface area contributed by atoms with E-state index in [1.807, 2.05) is 6.07 Å². The highest BCUT2D eigenvalue weighted by Gasteiger charge is 2.09. The third kappa shape index (κ3) is 2.39. The minimum absolute atomic E-state index is 0. The largest absolute Gasteiger partial charge is 0.377 e. The van der Waals surface area contributed by atoms with Gasteiger partial charge in [-0.25, -0.2) is 4.39 Å². The van der Waals surface area contributed by atoms with Crippen LogP contribution in [0.3, 0.4) is 0 Å². The molecule has 108 valence electrons. The van der Waals surface area contributed by atoms with E-state index in [9.17, 15) is 4.39 Å². The molecular formula is C15H20FN3O. The zero-order valence-electron chi connectivity index (χ0n) is 11.4. The SMILES string of the molecule is CC(C)c1cc2cc(F)c(NCc3ccon3)cc2[nH]1.[HH].[HH]. The molecule has 0 amide bonds. The number of nitrogens with zero attached hydrogens (tertiary/aromatic N) is 1. The summed E-state index contributed by atoms with van der Waals surface area (Å²) < 4.78 is 18.8. The lowest BCUT2D eigenvalue weighted by molar-refractivity contribution is 0.412. The van der Waals surface area contributed by atoms with Gasteiger partial charge in [0, 0.05) is 25.5 Å². The number of hydrogen-bond acceptors (Lipinski definition) is 3. The van der Waals surface area contributed by atoms with Crippen LogP contribution in [-0.4, -0.2) is 10.1 Å². The van der Waals surface area contributed by atoms with Crippen LogP contribution in [0.5, 0.6) is 0 Å². The van der Waals surface area contributed by atoms with Crippen molar-refractivity contribution in [2.45, 2.75) is 26.3 Å². The summed E-state index contributed by atoms with van der Waals surface area (Å²) in [5.74, 6) is 0.118. The van der Waals surface area contributed by atoms with Gasteiger partial charge in [-0.1, -0.05) is 19.0 Å². The van der Waals surface area contributed by atoms with Gasteiger partial charge in [-0.05, 0) is 24.1 Å². The van der Waals surface area contributed by atoms with E-state index in [4.69, 9.17) is 4.52 Å². The summed E-state index contributed by atoms with van der Waals surface area (Å²) in [5.41, 5.74) is 3.22. The van der Waals surface area contributed by atoms with Crippen molar-refractivity contribution in [1.29, 1.82) is 0 Å². The van der Waals surface area contributed by atoms with Crippen molar-refractivity contribution in [3.05, 3.63) is 47.7 Å². The summed E-state index contributed by atoms with van der Waals surface area (Å²) in [6.07, 6.45) is 1.50. The van der Waals surface area contributed by atoms with E-state index in [1.54, 1.807) is 18.2 Å². The van der Waals surface area contributed by atoms with Gasteiger partial charge in [0.25, 0.3) is 0 Å². The molecule has 20 heavy (non-hydrogen) atoms. The number of halogens is 1. The molecule has 2 N–H and O–H groups in total. The molecule has 0 saturated heterocycles. The van der Waals surface area contributed by atoms with Crippen LogP contribution in [-0.2, 0) is 6.54 Å². The second-order valence-electron chi connectivity index (χ2n) is 5.14. The Bertz CT molecular complexity index is 726. The lowest BCUT2D eigenvalue weighted by Gasteiger charge is -2.05. The smallest absolute Gasteiger partial charge is 0.147 e. The van der Waals surface area contributed by atoms with Gasteiger partial charge in [0.15, 0.2) is 0 Å². The Balaban J connectivity index is 0.00000121. The Labute approximate surface area is 118 Å². The molecule has 0 bridgehead atoms. The van der Waals surface area contributed by atoms with Gasteiger partial charge in [0.05, 0.1) is 12.2 Å². The maximum atomic E-state index is 14.0. The normalized spacial score (nSPS) is 11.4. The lowest BCUT2D eigenvalue weighted by Crippen LogP contribution is -2.01. The van der Waals surface area contributed by atoms with E-state index in [2.05, 4.69) is 29.3 Å². The first-order chi connectivity index (χ1) is 9.63. The number of benzene rings is 1. The Morgan fingerprint density at radius 3 is 2.95 bits per heavy atom.